The summed E-state index contributed by atoms with van der Waals surface area (Å²) in [7, 11) is 2.10. The summed E-state index contributed by atoms with van der Waals surface area (Å²) in [4.78, 5) is 24.4. The van der Waals surface area contributed by atoms with Crippen LogP contribution in [0.2, 0.25) is 0 Å². The van der Waals surface area contributed by atoms with E-state index in [1.54, 1.807) is 11.8 Å². The Morgan fingerprint density at radius 2 is 2.05 bits per heavy atom. The van der Waals surface area contributed by atoms with Crippen LogP contribution in [0.3, 0.4) is 0 Å². The minimum absolute atomic E-state index is 0.184. The van der Waals surface area contributed by atoms with Crippen molar-refractivity contribution >= 4 is 28.7 Å². The lowest BCUT2D eigenvalue weighted by molar-refractivity contribution is -0.129. The summed E-state index contributed by atoms with van der Waals surface area (Å²) in [6.07, 6.45) is 0. The second kappa shape index (κ2) is 6.71. The largest absolute Gasteiger partial charge is 0.341 e. The SMILES string of the molecule is CC(SCC(=O)N1CCN(C)CC1)c1nc2ccccc2[nH]1. The highest BCUT2D eigenvalue weighted by atomic mass is 32.2. The molecule has 1 N–H and O–H groups in total. The fraction of sp³-hybridized carbons (Fsp3) is 0.500. The number of thioether (sulfide) groups is 1. The minimum atomic E-state index is 0.184. The summed E-state index contributed by atoms with van der Waals surface area (Å²) in [5.74, 6) is 1.69. The maximum atomic E-state index is 12.3. The van der Waals surface area contributed by atoms with Gasteiger partial charge in [0.05, 0.1) is 22.0 Å². The standard InChI is InChI=1S/C16H22N4OS/c1-12(16-17-13-5-3-4-6-14(13)18-16)22-11-15(21)20-9-7-19(2)8-10-20/h3-6,12H,7-11H2,1-2H3,(H,17,18). The maximum Gasteiger partial charge on any atom is 0.232 e. The average Bonchev–Trinajstić information content (AvgIpc) is 2.97. The molecule has 5 nitrogen and oxygen atoms in total. The molecule has 0 radical (unpaired) electrons. The number of fused-ring (bicyclic) bond motifs is 1. The zero-order chi connectivity index (χ0) is 15.5. The number of carbonyl (C=O) groups excluding carboxylic acids is 1. The molecule has 1 aliphatic heterocycles. The highest BCUT2D eigenvalue weighted by molar-refractivity contribution is 8.00. The van der Waals surface area contributed by atoms with Crippen LogP contribution >= 0.6 is 11.8 Å². The van der Waals surface area contributed by atoms with E-state index < -0.39 is 0 Å². The van der Waals surface area contributed by atoms with Gasteiger partial charge in [-0.1, -0.05) is 12.1 Å². The number of rotatable bonds is 4. The maximum absolute atomic E-state index is 12.3. The molecule has 6 heteroatoms. The van der Waals surface area contributed by atoms with Crippen LogP contribution in [0.25, 0.3) is 11.0 Å². The molecule has 0 saturated carbocycles. The van der Waals surface area contributed by atoms with Gasteiger partial charge in [0.15, 0.2) is 0 Å². The fourth-order valence-corrected chi connectivity index (χ4v) is 3.43. The van der Waals surface area contributed by atoms with Gasteiger partial charge in [-0.15, -0.1) is 11.8 Å². The molecule has 1 fully saturated rings. The number of hydrogen-bond acceptors (Lipinski definition) is 4. The van der Waals surface area contributed by atoms with Gasteiger partial charge >= 0.3 is 0 Å². The molecule has 22 heavy (non-hydrogen) atoms. The second-order valence-corrected chi connectivity index (χ2v) is 7.11. The Balaban J connectivity index is 1.55. The monoisotopic (exact) mass is 318 g/mol. The number of likely N-dealkylation sites (N-methyl/N-ethyl adjacent to an activating group) is 1. The van der Waals surface area contributed by atoms with E-state index in [-0.39, 0.29) is 11.2 Å². The van der Waals surface area contributed by atoms with Crippen molar-refractivity contribution in [1.29, 1.82) is 0 Å². The second-order valence-electron chi connectivity index (χ2n) is 5.78. The summed E-state index contributed by atoms with van der Waals surface area (Å²) in [6, 6.07) is 8.02. The summed E-state index contributed by atoms with van der Waals surface area (Å²) >= 11 is 1.65. The van der Waals surface area contributed by atoms with Crippen LogP contribution in [0.4, 0.5) is 0 Å². The molecule has 118 valence electrons. The van der Waals surface area contributed by atoms with E-state index in [0.717, 1.165) is 43.0 Å². The van der Waals surface area contributed by atoms with Crippen LogP contribution in [-0.4, -0.2) is 64.7 Å². The highest BCUT2D eigenvalue weighted by Gasteiger charge is 2.20. The van der Waals surface area contributed by atoms with Gasteiger partial charge in [-0.25, -0.2) is 4.98 Å². The number of aromatic amines is 1. The van der Waals surface area contributed by atoms with E-state index in [9.17, 15) is 4.79 Å². The molecule has 1 aromatic carbocycles. The predicted molar refractivity (Wildman–Crippen MR) is 91.0 cm³/mol. The van der Waals surface area contributed by atoms with Gasteiger partial charge in [0.1, 0.15) is 5.82 Å². The molecule has 1 atom stereocenters. The van der Waals surface area contributed by atoms with Crippen molar-refractivity contribution in [2.45, 2.75) is 12.2 Å². The number of aromatic nitrogens is 2. The zero-order valence-electron chi connectivity index (χ0n) is 13.1. The zero-order valence-corrected chi connectivity index (χ0v) is 13.9. The van der Waals surface area contributed by atoms with Gasteiger partial charge < -0.3 is 14.8 Å². The number of para-hydroxylation sites is 2. The Hall–Kier alpha value is -1.53. The third-order valence-corrected chi connectivity index (χ3v) is 5.24. The number of hydrogen-bond donors (Lipinski definition) is 1. The van der Waals surface area contributed by atoms with Gasteiger partial charge in [0, 0.05) is 26.2 Å². The first-order valence-corrected chi connectivity index (χ1v) is 8.71. The minimum Gasteiger partial charge on any atom is -0.341 e. The Bertz CT molecular complexity index is 615. The normalized spacial score (nSPS) is 17.8. The Morgan fingerprint density at radius 1 is 1.32 bits per heavy atom. The van der Waals surface area contributed by atoms with E-state index in [1.165, 1.54) is 0 Å². The van der Waals surface area contributed by atoms with E-state index >= 15 is 0 Å². The van der Waals surface area contributed by atoms with Crippen LogP contribution in [0, 0.1) is 0 Å². The highest BCUT2D eigenvalue weighted by Crippen LogP contribution is 2.27. The molecule has 2 heterocycles. The first-order chi connectivity index (χ1) is 10.6. The predicted octanol–water partition coefficient (Wildman–Crippen LogP) is 2.13. The van der Waals surface area contributed by atoms with Crippen molar-refractivity contribution in [2.75, 3.05) is 39.0 Å². The molecule has 0 spiro atoms. The van der Waals surface area contributed by atoms with E-state index in [1.807, 2.05) is 29.2 Å². The number of nitrogens with zero attached hydrogens (tertiary/aromatic N) is 3. The molecule has 0 aliphatic carbocycles. The van der Waals surface area contributed by atoms with Crippen molar-refractivity contribution in [2.24, 2.45) is 0 Å². The topological polar surface area (TPSA) is 52.2 Å². The third kappa shape index (κ3) is 3.44. The summed E-state index contributed by atoms with van der Waals surface area (Å²) < 4.78 is 0. The van der Waals surface area contributed by atoms with Crippen molar-refractivity contribution in [1.82, 2.24) is 19.8 Å². The van der Waals surface area contributed by atoms with Gasteiger partial charge in [0.25, 0.3) is 0 Å². The lowest BCUT2D eigenvalue weighted by atomic mass is 10.3. The molecule has 1 aromatic heterocycles. The van der Waals surface area contributed by atoms with Crippen molar-refractivity contribution < 1.29 is 4.79 Å². The molecular formula is C16H22N4OS. The van der Waals surface area contributed by atoms with Crippen LogP contribution in [0.1, 0.15) is 18.0 Å². The van der Waals surface area contributed by atoms with Gasteiger partial charge in [-0.2, -0.15) is 0 Å². The molecule has 3 rings (SSSR count). The van der Waals surface area contributed by atoms with E-state index in [2.05, 4.69) is 28.8 Å². The van der Waals surface area contributed by atoms with Crippen molar-refractivity contribution in [3.63, 3.8) is 0 Å². The number of benzene rings is 1. The molecular weight excluding hydrogens is 296 g/mol. The average molecular weight is 318 g/mol. The Labute approximate surface area is 135 Å². The van der Waals surface area contributed by atoms with Gasteiger partial charge in [-0.05, 0) is 26.1 Å². The quantitative estimate of drug-likeness (QED) is 0.938. The van der Waals surface area contributed by atoms with Gasteiger partial charge in [0.2, 0.25) is 5.91 Å². The van der Waals surface area contributed by atoms with Crippen LogP contribution in [0.5, 0.6) is 0 Å². The first-order valence-electron chi connectivity index (χ1n) is 7.66. The molecule has 1 amide bonds. The number of carbonyl (C=O) groups is 1. The van der Waals surface area contributed by atoms with Gasteiger partial charge in [-0.3, -0.25) is 4.79 Å². The molecule has 0 bridgehead atoms. The van der Waals surface area contributed by atoms with Crippen LogP contribution < -0.4 is 0 Å². The number of imidazole rings is 1. The number of H-pyrrole nitrogens is 1. The van der Waals surface area contributed by atoms with Crippen molar-refractivity contribution in [3.05, 3.63) is 30.1 Å². The number of nitrogens with one attached hydrogen (secondary N) is 1. The molecule has 1 aliphatic rings. The Kier molecular flexibility index (Phi) is 4.69. The summed E-state index contributed by atoms with van der Waals surface area (Å²) in [6.45, 7) is 5.72. The molecule has 1 saturated heterocycles. The Morgan fingerprint density at radius 3 is 2.77 bits per heavy atom. The van der Waals surface area contributed by atoms with E-state index in [0.29, 0.717) is 5.75 Å². The van der Waals surface area contributed by atoms with Crippen LogP contribution in [-0.2, 0) is 4.79 Å². The first kappa shape index (κ1) is 15.4. The number of piperazine rings is 1. The lowest BCUT2D eigenvalue weighted by Crippen LogP contribution is -2.47. The summed E-state index contributed by atoms with van der Waals surface area (Å²) in [5, 5.41) is 0.184. The summed E-state index contributed by atoms with van der Waals surface area (Å²) in [5.41, 5.74) is 2.03. The van der Waals surface area contributed by atoms with Crippen molar-refractivity contribution in [3.8, 4) is 0 Å². The molecule has 2 aromatic rings. The smallest absolute Gasteiger partial charge is 0.232 e. The van der Waals surface area contributed by atoms with Crippen LogP contribution in [0.15, 0.2) is 24.3 Å². The van der Waals surface area contributed by atoms with E-state index in [4.69, 9.17) is 0 Å². The third-order valence-electron chi connectivity index (χ3n) is 4.11. The fourth-order valence-electron chi connectivity index (χ4n) is 2.59. The molecule has 1 unspecified atom stereocenters. The lowest BCUT2D eigenvalue weighted by Gasteiger charge is -2.32. The number of amides is 1.